The summed E-state index contributed by atoms with van der Waals surface area (Å²) in [6, 6.07) is 1.26. The van der Waals surface area contributed by atoms with Gasteiger partial charge in [0.05, 0.1) is 6.61 Å². The molecule has 1 aliphatic heterocycles. The number of aliphatic hydroxyl groups is 4. The maximum Gasteiger partial charge on any atom is 1.00 e. The number of carboxylic acid groups (broad SMARTS) is 1. The summed E-state index contributed by atoms with van der Waals surface area (Å²) >= 11 is 0. The van der Waals surface area contributed by atoms with E-state index >= 15 is 0 Å². The molecule has 174 valence electrons. The van der Waals surface area contributed by atoms with Gasteiger partial charge in [-0.25, -0.2) is 4.79 Å². The van der Waals surface area contributed by atoms with Gasteiger partial charge in [-0.2, -0.15) is 4.98 Å². The average Bonchev–Trinajstić information content (AvgIpc) is 2.95. The van der Waals surface area contributed by atoms with E-state index in [0.717, 1.165) is 11.5 Å². The van der Waals surface area contributed by atoms with Crippen molar-refractivity contribution in [2.75, 3.05) is 18.5 Å². The molecule has 4 unspecified atom stereocenters. The third-order valence-corrected chi connectivity index (χ3v) is 4.03. The van der Waals surface area contributed by atoms with Crippen LogP contribution in [0.15, 0.2) is 17.1 Å². The first kappa shape index (κ1) is 30.1. The molecule has 4 atom stereocenters. The molecule has 0 aliphatic carbocycles. The Kier molecular flexibility index (Phi) is 12.2. The molecule has 1 saturated heterocycles. The van der Waals surface area contributed by atoms with Crippen molar-refractivity contribution in [2.45, 2.75) is 50.8 Å². The van der Waals surface area contributed by atoms with Gasteiger partial charge in [0.1, 0.15) is 36.3 Å². The topological polar surface area (TPSA) is 223 Å². The molecule has 1 aromatic heterocycles. The van der Waals surface area contributed by atoms with Crippen LogP contribution in [0.25, 0.3) is 0 Å². The summed E-state index contributed by atoms with van der Waals surface area (Å²) in [5.41, 5.74) is -2.25. The molecular weight excluding hydrogens is 443 g/mol. The number of anilines is 1. The number of aliphatic hydroxyl groups excluding tert-OH is 4. The molecular formula is C17H25N4NaO10. The minimum absolute atomic E-state index is 0. The van der Waals surface area contributed by atoms with Crippen LogP contribution in [-0.4, -0.2) is 84.8 Å². The fourth-order valence-electron chi connectivity index (χ4n) is 2.50. The van der Waals surface area contributed by atoms with E-state index in [-0.39, 0.29) is 35.4 Å². The van der Waals surface area contributed by atoms with Crippen LogP contribution < -0.4 is 51.0 Å². The third-order valence-electron chi connectivity index (χ3n) is 4.03. The maximum absolute atomic E-state index is 12.2. The van der Waals surface area contributed by atoms with E-state index in [0.29, 0.717) is 0 Å². The molecule has 1 aromatic rings. The van der Waals surface area contributed by atoms with Gasteiger partial charge in [0.15, 0.2) is 6.23 Å². The monoisotopic (exact) mass is 468 g/mol. The minimum Gasteiger partial charge on any atom is -0.550 e. The number of carbonyl (C=O) groups is 3. The number of hydrogen-bond acceptors (Lipinski definition) is 11. The van der Waals surface area contributed by atoms with Crippen molar-refractivity contribution in [2.24, 2.45) is 0 Å². The zero-order valence-electron chi connectivity index (χ0n) is 18.0. The van der Waals surface area contributed by atoms with Crippen molar-refractivity contribution in [3.05, 3.63) is 22.7 Å². The number of rotatable bonds is 6. The Bertz CT molecular complexity index is 858. The molecule has 2 heterocycles. The number of ether oxygens (including phenoxy) is 1. The Morgan fingerprint density at radius 3 is 2.25 bits per heavy atom. The molecule has 0 saturated carbocycles. The SMILES string of the molecule is CC(=O)[O-].CC(C)(NC(=O)CO)C(=O)Nc1ccn(C2OC(CO)C(O)C2O)c(=O)n1.[Na+]. The summed E-state index contributed by atoms with van der Waals surface area (Å²) in [7, 11) is 0. The molecule has 14 nitrogen and oxygen atoms in total. The van der Waals surface area contributed by atoms with Crippen molar-refractivity contribution in [3.63, 3.8) is 0 Å². The number of hydrogen-bond donors (Lipinski definition) is 6. The second-order valence-corrected chi connectivity index (χ2v) is 7.01. The number of carbonyl (C=O) groups excluding carboxylic acids is 3. The first-order valence-electron chi connectivity index (χ1n) is 8.96. The minimum atomic E-state index is -1.45. The van der Waals surface area contributed by atoms with E-state index < -0.39 is 66.8 Å². The molecule has 0 radical (unpaired) electrons. The zero-order chi connectivity index (χ0) is 23.9. The van der Waals surface area contributed by atoms with Crippen molar-refractivity contribution >= 4 is 23.6 Å². The number of aliphatic carboxylic acids is 1. The largest absolute Gasteiger partial charge is 1.00 e. The van der Waals surface area contributed by atoms with Crippen molar-refractivity contribution in [1.29, 1.82) is 0 Å². The fraction of sp³-hybridized carbons (Fsp3) is 0.588. The van der Waals surface area contributed by atoms with Crippen molar-refractivity contribution in [1.82, 2.24) is 14.9 Å². The summed E-state index contributed by atoms with van der Waals surface area (Å²) in [5.74, 6) is -2.62. The molecule has 1 fully saturated rings. The van der Waals surface area contributed by atoms with Gasteiger partial charge in [-0.15, -0.1) is 0 Å². The van der Waals surface area contributed by atoms with Gasteiger partial charge in [0, 0.05) is 12.2 Å². The van der Waals surface area contributed by atoms with Crippen LogP contribution in [0.3, 0.4) is 0 Å². The van der Waals surface area contributed by atoms with Gasteiger partial charge in [-0.05, 0) is 26.8 Å². The fourth-order valence-corrected chi connectivity index (χ4v) is 2.50. The van der Waals surface area contributed by atoms with Gasteiger partial charge in [-0.3, -0.25) is 14.2 Å². The summed E-state index contributed by atoms with van der Waals surface area (Å²) in [4.78, 5) is 48.2. The van der Waals surface area contributed by atoms with Crippen LogP contribution >= 0.6 is 0 Å². The van der Waals surface area contributed by atoms with Crippen LogP contribution in [0.1, 0.15) is 27.0 Å². The molecule has 6 N–H and O–H groups in total. The van der Waals surface area contributed by atoms with Crippen LogP contribution in [0, 0.1) is 0 Å². The van der Waals surface area contributed by atoms with Crippen LogP contribution in [0.5, 0.6) is 0 Å². The molecule has 0 spiro atoms. The van der Waals surface area contributed by atoms with Gasteiger partial charge in [0.2, 0.25) is 5.91 Å². The Hall–Kier alpha value is -1.91. The zero-order valence-corrected chi connectivity index (χ0v) is 20.0. The molecule has 15 heteroatoms. The second kappa shape index (κ2) is 13.0. The maximum atomic E-state index is 12.2. The van der Waals surface area contributed by atoms with E-state index in [1.54, 1.807) is 0 Å². The van der Waals surface area contributed by atoms with E-state index in [2.05, 4.69) is 15.6 Å². The van der Waals surface area contributed by atoms with Gasteiger partial charge in [0.25, 0.3) is 5.91 Å². The normalized spacial score (nSPS) is 22.1. The molecule has 32 heavy (non-hydrogen) atoms. The first-order valence-corrected chi connectivity index (χ1v) is 8.96. The van der Waals surface area contributed by atoms with Crippen molar-refractivity contribution in [3.8, 4) is 0 Å². The number of nitrogens with zero attached hydrogens (tertiary/aromatic N) is 2. The van der Waals surface area contributed by atoms with E-state index in [9.17, 15) is 24.6 Å². The predicted octanol–water partition coefficient (Wildman–Crippen LogP) is -7.56. The predicted molar refractivity (Wildman–Crippen MR) is 100 cm³/mol. The van der Waals surface area contributed by atoms with E-state index in [4.69, 9.17) is 24.9 Å². The Morgan fingerprint density at radius 2 is 1.81 bits per heavy atom. The molecule has 1 aliphatic rings. The quantitative estimate of drug-likeness (QED) is 0.215. The number of carboxylic acids is 1. The molecule has 0 bridgehead atoms. The van der Waals surface area contributed by atoms with Gasteiger partial charge < -0.3 is 45.7 Å². The summed E-state index contributed by atoms with van der Waals surface area (Å²) in [5, 5.41) is 51.1. The Morgan fingerprint density at radius 1 is 1.25 bits per heavy atom. The summed E-state index contributed by atoms with van der Waals surface area (Å²) < 4.78 is 6.16. The Labute approximate surface area is 204 Å². The number of nitrogens with one attached hydrogen (secondary N) is 2. The Balaban J connectivity index is 0.00000177. The number of aromatic nitrogens is 2. The number of amides is 2. The molecule has 2 amide bonds. The summed E-state index contributed by atoms with van der Waals surface area (Å²) in [6.07, 6.45) is -3.92. The van der Waals surface area contributed by atoms with Crippen LogP contribution in [-0.2, 0) is 19.1 Å². The standard InChI is InChI=1S/C15H22N4O8.C2H4O2.Na/c1-15(2,18-9(22)6-21)13(25)16-8-3-4-19(14(26)17-8)12-11(24)10(23)7(5-20)27-12;1-2(3)4;/h3-4,7,10-12,20-21,23-24H,5-6H2,1-2H3,(H,18,22)(H,16,17,25,26);1H3,(H,3,4);/q;;+1/p-1. The molecule has 0 aromatic carbocycles. The van der Waals surface area contributed by atoms with E-state index in [1.807, 2.05) is 0 Å². The molecule has 2 rings (SSSR count). The van der Waals surface area contributed by atoms with Crippen LogP contribution in [0.4, 0.5) is 5.82 Å². The van der Waals surface area contributed by atoms with Crippen LogP contribution in [0.2, 0.25) is 0 Å². The first-order chi connectivity index (χ1) is 14.3. The average molecular weight is 468 g/mol. The van der Waals surface area contributed by atoms with Gasteiger partial charge in [-0.1, -0.05) is 0 Å². The third kappa shape index (κ3) is 8.22. The second-order valence-electron chi connectivity index (χ2n) is 7.01. The summed E-state index contributed by atoms with van der Waals surface area (Å²) in [6.45, 7) is 2.45. The van der Waals surface area contributed by atoms with E-state index in [1.165, 1.54) is 26.1 Å². The van der Waals surface area contributed by atoms with Gasteiger partial charge >= 0.3 is 35.2 Å². The van der Waals surface area contributed by atoms with Crippen molar-refractivity contribution < 1.29 is 74.2 Å². The smallest absolute Gasteiger partial charge is 0.550 e.